The molecule has 0 bridgehead atoms. The Kier molecular flexibility index (Phi) is 6.14. The fraction of sp³-hybridized carbons (Fsp3) is 0.600. The van der Waals surface area contributed by atoms with Gasteiger partial charge in [0.1, 0.15) is 0 Å². The van der Waals surface area contributed by atoms with Gasteiger partial charge in [0.05, 0.1) is 17.6 Å². The number of carbonyl (C=O) groups is 1. The third-order valence-corrected chi connectivity index (χ3v) is 5.16. The second-order valence-electron chi connectivity index (χ2n) is 6.99. The number of fused-ring (bicyclic) bond motifs is 1. The quantitative estimate of drug-likeness (QED) is 0.728. The van der Waals surface area contributed by atoms with Crippen LogP contribution in [0.3, 0.4) is 0 Å². The van der Waals surface area contributed by atoms with E-state index < -0.39 is 0 Å². The van der Waals surface area contributed by atoms with Crippen molar-refractivity contribution in [3.8, 4) is 0 Å². The van der Waals surface area contributed by atoms with E-state index in [2.05, 4.69) is 6.92 Å². The van der Waals surface area contributed by atoms with Gasteiger partial charge in [-0.05, 0) is 31.9 Å². The van der Waals surface area contributed by atoms with Gasteiger partial charge >= 0.3 is 5.69 Å². The number of benzene rings is 1. The first-order valence-electron chi connectivity index (χ1n) is 9.69. The van der Waals surface area contributed by atoms with Crippen molar-refractivity contribution in [1.82, 2.24) is 14.0 Å². The fourth-order valence-corrected chi connectivity index (χ4v) is 3.74. The summed E-state index contributed by atoms with van der Waals surface area (Å²) in [5.74, 6) is 0.548. The number of amides is 1. The zero-order valence-electron chi connectivity index (χ0n) is 15.8. The lowest BCUT2D eigenvalue weighted by molar-refractivity contribution is -0.131. The highest BCUT2D eigenvalue weighted by Gasteiger charge is 2.22. The largest absolute Gasteiger partial charge is 0.381 e. The summed E-state index contributed by atoms with van der Waals surface area (Å²) in [5.41, 5.74) is 1.83. The van der Waals surface area contributed by atoms with Crippen LogP contribution in [0, 0.1) is 5.92 Å². The van der Waals surface area contributed by atoms with Crippen molar-refractivity contribution in [3.05, 3.63) is 34.7 Å². The molecule has 0 saturated carbocycles. The molecule has 142 valence electrons. The first-order valence-corrected chi connectivity index (χ1v) is 9.69. The van der Waals surface area contributed by atoms with Gasteiger partial charge in [0, 0.05) is 45.1 Å². The Morgan fingerprint density at radius 1 is 1.19 bits per heavy atom. The molecule has 2 aromatic rings. The number of nitrogens with zero attached hydrogens (tertiary/aromatic N) is 3. The summed E-state index contributed by atoms with van der Waals surface area (Å²) in [6, 6.07) is 7.82. The molecule has 1 amide bonds. The molecule has 1 unspecified atom stereocenters. The number of hydrogen-bond donors (Lipinski definition) is 0. The van der Waals surface area contributed by atoms with Crippen LogP contribution in [0.4, 0.5) is 0 Å². The molecule has 1 aromatic heterocycles. The second-order valence-corrected chi connectivity index (χ2v) is 6.99. The molecule has 6 heteroatoms. The van der Waals surface area contributed by atoms with Gasteiger partial charge in [-0.1, -0.05) is 19.1 Å². The monoisotopic (exact) mass is 359 g/mol. The maximum absolute atomic E-state index is 12.8. The Hall–Kier alpha value is -2.08. The van der Waals surface area contributed by atoms with E-state index in [0.717, 1.165) is 43.6 Å². The Morgan fingerprint density at radius 3 is 2.46 bits per heavy atom. The van der Waals surface area contributed by atoms with Crippen molar-refractivity contribution in [2.24, 2.45) is 5.92 Å². The molecule has 2 heterocycles. The maximum atomic E-state index is 12.8. The highest BCUT2D eigenvalue weighted by atomic mass is 16.5. The van der Waals surface area contributed by atoms with Crippen LogP contribution in [0.5, 0.6) is 0 Å². The predicted octanol–water partition coefficient (Wildman–Crippen LogP) is 2.49. The molecule has 0 aliphatic carbocycles. The lowest BCUT2D eigenvalue weighted by Gasteiger charge is -2.23. The SMILES string of the molecule is CCCn1c(=O)n(CCC(=O)N(CC)CC2CCOC2)c2ccccc21. The predicted molar refractivity (Wildman–Crippen MR) is 102 cm³/mol. The molecular weight excluding hydrogens is 330 g/mol. The number of para-hydroxylation sites is 2. The highest BCUT2D eigenvalue weighted by molar-refractivity contribution is 5.78. The van der Waals surface area contributed by atoms with E-state index in [0.29, 0.717) is 32.0 Å². The Balaban J connectivity index is 1.73. The smallest absolute Gasteiger partial charge is 0.329 e. The topological polar surface area (TPSA) is 56.5 Å². The molecule has 0 N–H and O–H groups in total. The molecule has 1 aromatic carbocycles. The average molecular weight is 359 g/mol. The van der Waals surface area contributed by atoms with Crippen molar-refractivity contribution < 1.29 is 9.53 Å². The summed E-state index contributed by atoms with van der Waals surface area (Å²) in [4.78, 5) is 27.4. The molecule has 1 aliphatic heterocycles. The summed E-state index contributed by atoms with van der Waals surface area (Å²) in [6.07, 6.45) is 2.27. The van der Waals surface area contributed by atoms with E-state index >= 15 is 0 Å². The molecule has 1 fully saturated rings. The van der Waals surface area contributed by atoms with Crippen molar-refractivity contribution in [2.75, 3.05) is 26.3 Å². The standard InChI is InChI=1S/C20H29N3O3/c1-3-11-22-17-7-5-6-8-18(17)23(20(22)25)12-9-19(24)21(4-2)14-16-10-13-26-15-16/h5-8,16H,3-4,9-15H2,1-2H3. The Bertz CT molecular complexity index is 802. The van der Waals surface area contributed by atoms with Crippen LogP contribution in [-0.4, -0.2) is 46.2 Å². The van der Waals surface area contributed by atoms with Crippen LogP contribution >= 0.6 is 0 Å². The van der Waals surface area contributed by atoms with Gasteiger partial charge in [-0.3, -0.25) is 13.9 Å². The van der Waals surface area contributed by atoms with Crippen LogP contribution in [0.1, 0.15) is 33.1 Å². The molecular formula is C20H29N3O3. The molecule has 26 heavy (non-hydrogen) atoms. The number of aryl methyl sites for hydroxylation is 2. The third-order valence-electron chi connectivity index (χ3n) is 5.16. The summed E-state index contributed by atoms with van der Waals surface area (Å²) in [6.45, 7) is 8.18. The third kappa shape index (κ3) is 3.85. The zero-order valence-corrected chi connectivity index (χ0v) is 15.8. The Morgan fingerprint density at radius 2 is 1.88 bits per heavy atom. The van der Waals surface area contributed by atoms with E-state index in [4.69, 9.17) is 4.74 Å². The van der Waals surface area contributed by atoms with Gasteiger partial charge in [-0.2, -0.15) is 0 Å². The first kappa shape index (κ1) is 18.7. The summed E-state index contributed by atoms with van der Waals surface area (Å²) < 4.78 is 8.97. The normalized spacial score (nSPS) is 17.1. The van der Waals surface area contributed by atoms with Crippen molar-refractivity contribution >= 4 is 16.9 Å². The van der Waals surface area contributed by atoms with E-state index in [-0.39, 0.29) is 11.6 Å². The van der Waals surface area contributed by atoms with Crippen molar-refractivity contribution in [1.29, 1.82) is 0 Å². The number of imidazole rings is 1. The van der Waals surface area contributed by atoms with Crippen LogP contribution in [-0.2, 0) is 22.6 Å². The van der Waals surface area contributed by atoms with Gasteiger partial charge in [0.25, 0.3) is 0 Å². The van der Waals surface area contributed by atoms with Gasteiger partial charge in [-0.25, -0.2) is 4.79 Å². The van der Waals surface area contributed by atoms with Gasteiger partial charge in [-0.15, -0.1) is 0 Å². The molecule has 0 spiro atoms. The lowest BCUT2D eigenvalue weighted by atomic mass is 10.1. The number of aromatic nitrogens is 2. The van der Waals surface area contributed by atoms with Crippen molar-refractivity contribution in [2.45, 2.75) is 46.2 Å². The van der Waals surface area contributed by atoms with E-state index in [1.807, 2.05) is 40.7 Å². The van der Waals surface area contributed by atoms with Crippen molar-refractivity contribution in [3.63, 3.8) is 0 Å². The molecule has 1 aliphatic rings. The van der Waals surface area contributed by atoms with Crippen LogP contribution < -0.4 is 5.69 Å². The van der Waals surface area contributed by atoms with E-state index in [9.17, 15) is 9.59 Å². The van der Waals surface area contributed by atoms with E-state index in [1.165, 1.54) is 0 Å². The summed E-state index contributed by atoms with van der Waals surface area (Å²) in [5, 5.41) is 0. The number of rotatable bonds is 8. The van der Waals surface area contributed by atoms with Crippen LogP contribution in [0.15, 0.2) is 29.1 Å². The minimum Gasteiger partial charge on any atom is -0.381 e. The van der Waals surface area contributed by atoms with Crippen LogP contribution in [0.2, 0.25) is 0 Å². The minimum absolute atomic E-state index is 0.0203. The van der Waals surface area contributed by atoms with Gasteiger partial charge in [0.2, 0.25) is 5.91 Å². The van der Waals surface area contributed by atoms with Gasteiger partial charge in [0.15, 0.2) is 0 Å². The molecule has 3 rings (SSSR count). The minimum atomic E-state index is -0.0203. The highest BCUT2D eigenvalue weighted by Crippen LogP contribution is 2.16. The molecule has 0 radical (unpaired) electrons. The summed E-state index contributed by atoms with van der Waals surface area (Å²) in [7, 11) is 0. The number of ether oxygens (including phenoxy) is 1. The first-order chi connectivity index (χ1) is 12.7. The lowest BCUT2D eigenvalue weighted by Crippen LogP contribution is -2.36. The van der Waals surface area contributed by atoms with Crippen LogP contribution in [0.25, 0.3) is 11.0 Å². The fourth-order valence-electron chi connectivity index (χ4n) is 3.74. The Labute approximate surface area is 154 Å². The summed E-state index contributed by atoms with van der Waals surface area (Å²) >= 11 is 0. The molecule has 6 nitrogen and oxygen atoms in total. The number of carbonyl (C=O) groups excluding carboxylic acids is 1. The number of hydrogen-bond acceptors (Lipinski definition) is 3. The molecule has 1 saturated heterocycles. The second kappa shape index (κ2) is 8.54. The maximum Gasteiger partial charge on any atom is 0.329 e. The van der Waals surface area contributed by atoms with E-state index in [1.54, 1.807) is 4.57 Å². The zero-order chi connectivity index (χ0) is 18.5. The average Bonchev–Trinajstić information content (AvgIpc) is 3.25. The molecule has 1 atom stereocenters. The van der Waals surface area contributed by atoms with Gasteiger partial charge < -0.3 is 9.64 Å².